The Labute approximate surface area is 191 Å². The first-order valence-electron chi connectivity index (χ1n) is 11.7. The van der Waals surface area contributed by atoms with Crippen LogP contribution in [0.25, 0.3) is 0 Å². The predicted octanol–water partition coefficient (Wildman–Crippen LogP) is 7.40. The number of fused-ring (bicyclic) bond motifs is 3. The lowest BCUT2D eigenvalue weighted by Gasteiger charge is -2.35. The van der Waals surface area contributed by atoms with Gasteiger partial charge in [-0.3, -0.25) is 0 Å². The molecule has 0 bridgehead atoms. The van der Waals surface area contributed by atoms with Gasteiger partial charge in [0.2, 0.25) is 0 Å². The van der Waals surface area contributed by atoms with Crippen molar-refractivity contribution >= 4 is 11.4 Å². The monoisotopic (exact) mass is 415 g/mol. The van der Waals surface area contributed by atoms with Crippen LogP contribution in [0.3, 0.4) is 0 Å². The van der Waals surface area contributed by atoms with Crippen LogP contribution in [-0.2, 0) is 0 Å². The topological polar surface area (TPSA) is 6.48 Å². The van der Waals surface area contributed by atoms with E-state index in [1.54, 1.807) is 0 Å². The number of anilines is 2. The van der Waals surface area contributed by atoms with Crippen molar-refractivity contribution < 1.29 is 1.37 Å². The molecule has 2 atom stereocenters. The van der Waals surface area contributed by atoms with Crippen molar-refractivity contribution in [3.63, 3.8) is 0 Å². The molecule has 2 aliphatic heterocycles. The number of nitrogens with zero attached hydrogens (tertiary/aromatic N) is 2. The molecule has 0 aromatic heterocycles. The Morgan fingerprint density at radius 3 is 1.84 bits per heavy atom. The van der Waals surface area contributed by atoms with Gasteiger partial charge in [-0.25, -0.2) is 0 Å². The zero-order chi connectivity index (χ0) is 22.6. The average molecular weight is 416 g/mol. The summed E-state index contributed by atoms with van der Waals surface area (Å²) in [5, 5.41) is 0. The minimum Gasteiger partial charge on any atom is -0.318 e. The van der Waals surface area contributed by atoms with E-state index in [0.29, 0.717) is 0 Å². The van der Waals surface area contributed by atoms with Gasteiger partial charge in [0, 0.05) is 18.4 Å². The highest BCUT2D eigenvalue weighted by Crippen LogP contribution is 2.57. The second-order valence-electron chi connectivity index (χ2n) is 8.50. The van der Waals surface area contributed by atoms with Crippen molar-refractivity contribution in [2.75, 3.05) is 9.80 Å². The third-order valence-corrected chi connectivity index (χ3v) is 6.64. The summed E-state index contributed by atoms with van der Waals surface area (Å²) in [7, 11) is 0. The molecule has 0 amide bonds. The van der Waals surface area contributed by atoms with E-state index >= 15 is 0 Å². The van der Waals surface area contributed by atoms with Gasteiger partial charge in [-0.1, -0.05) is 97.1 Å². The number of rotatable bonds is 3. The lowest BCUT2D eigenvalue weighted by molar-refractivity contribution is 0.715. The molecule has 4 aromatic rings. The average Bonchev–Trinajstić information content (AvgIpc) is 3.32. The van der Waals surface area contributed by atoms with Crippen molar-refractivity contribution in [3.8, 4) is 0 Å². The van der Waals surface area contributed by atoms with Crippen molar-refractivity contribution in [1.29, 1.82) is 0 Å². The maximum atomic E-state index is 9.99. The number of hydrogen-bond donors (Lipinski definition) is 0. The fourth-order valence-electron chi connectivity index (χ4n) is 5.25. The molecule has 0 aliphatic carbocycles. The number of aryl methyl sites for hydroxylation is 1. The van der Waals surface area contributed by atoms with Crippen LogP contribution >= 0.6 is 0 Å². The summed E-state index contributed by atoms with van der Waals surface area (Å²) in [6, 6.07) is 37.9. The minimum absolute atomic E-state index is 0.0561. The summed E-state index contributed by atoms with van der Waals surface area (Å²) in [6.07, 6.45) is -0.0561. The number of allylic oxidation sites excluding steroid dienone is 2. The van der Waals surface area contributed by atoms with E-state index in [9.17, 15) is 1.37 Å². The number of hydrogen-bond acceptors (Lipinski definition) is 2. The van der Waals surface area contributed by atoms with Gasteiger partial charge in [-0.2, -0.15) is 0 Å². The van der Waals surface area contributed by atoms with Crippen LogP contribution in [0.2, 0.25) is 0 Å². The van der Waals surface area contributed by atoms with E-state index in [-0.39, 0.29) is 6.17 Å². The molecule has 2 unspecified atom stereocenters. The molecule has 2 nitrogen and oxygen atoms in total. The summed E-state index contributed by atoms with van der Waals surface area (Å²) in [5.41, 5.74) is 8.91. The normalized spacial score (nSPS) is 22.1. The first-order chi connectivity index (χ1) is 16.1. The van der Waals surface area contributed by atoms with E-state index in [0.717, 1.165) is 28.2 Å². The lowest BCUT2D eigenvalue weighted by Crippen LogP contribution is -2.32. The Morgan fingerprint density at radius 1 is 0.594 bits per heavy atom. The van der Waals surface area contributed by atoms with Crippen LogP contribution in [0.15, 0.2) is 121 Å². The van der Waals surface area contributed by atoms with Gasteiger partial charge in [0.25, 0.3) is 0 Å². The molecular formula is C30H26N2. The van der Waals surface area contributed by atoms with E-state index in [1.165, 1.54) is 16.8 Å². The van der Waals surface area contributed by atoms with Gasteiger partial charge in [0.1, 0.15) is 6.17 Å². The first-order valence-corrected chi connectivity index (χ1v) is 11.2. The Morgan fingerprint density at radius 2 is 1.16 bits per heavy atom. The minimum atomic E-state index is -0.980. The highest BCUT2D eigenvalue weighted by atomic mass is 15.4. The molecule has 0 spiro atoms. The molecule has 2 heteroatoms. The molecule has 4 aromatic carbocycles. The smallest absolute Gasteiger partial charge is 0.136 e. The summed E-state index contributed by atoms with van der Waals surface area (Å²) in [4.78, 5) is 4.81. The molecular weight excluding hydrogens is 388 g/mol. The maximum Gasteiger partial charge on any atom is 0.136 e. The highest BCUT2D eigenvalue weighted by Gasteiger charge is 2.48. The molecule has 6 rings (SSSR count). The molecule has 2 heterocycles. The molecule has 0 N–H and O–H groups in total. The van der Waals surface area contributed by atoms with Crippen molar-refractivity contribution in [3.05, 3.63) is 143 Å². The number of para-hydroxylation sites is 2. The van der Waals surface area contributed by atoms with Gasteiger partial charge < -0.3 is 9.80 Å². The second-order valence-corrected chi connectivity index (χ2v) is 8.50. The fraction of sp³-hybridized carbons (Fsp3) is 0.133. The largest absolute Gasteiger partial charge is 0.318 e. The second kappa shape index (κ2) is 7.42. The molecule has 0 saturated heterocycles. The van der Waals surface area contributed by atoms with Crippen LogP contribution in [0.1, 0.15) is 42.6 Å². The SMILES string of the molecule is [2H]C1(c2ccccc2)C2=C(C)N(c3ccccc3C)C(c3ccccc3)N2c2ccccc21. The zero-order valence-electron chi connectivity index (χ0n) is 19.4. The van der Waals surface area contributed by atoms with E-state index in [4.69, 9.17) is 0 Å². The van der Waals surface area contributed by atoms with Crippen LogP contribution in [0.4, 0.5) is 11.4 Å². The summed E-state index contributed by atoms with van der Waals surface area (Å²) >= 11 is 0. The quantitative estimate of drug-likeness (QED) is 0.344. The fourth-order valence-corrected chi connectivity index (χ4v) is 5.25. The molecule has 156 valence electrons. The Kier molecular flexibility index (Phi) is 4.14. The standard InChI is InChI=1S/C30H26N2/c1-21-13-9-11-19-26(21)31-22(2)29-28(23-14-5-3-6-15-23)25-18-10-12-20-27(25)32(29)30(31)24-16-7-4-8-17-24/h3-20,28,30H,1-2H3/i28D. The van der Waals surface area contributed by atoms with Gasteiger partial charge >= 0.3 is 0 Å². The summed E-state index contributed by atoms with van der Waals surface area (Å²) in [6.45, 7) is 4.34. The summed E-state index contributed by atoms with van der Waals surface area (Å²) in [5.74, 6) is -0.980. The van der Waals surface area contributed by atoms with Gasteiger partial charge in [0.05, 0.1) is 11.6 Å². The van der Waals surface area contributed by atoms with Crippen molar-refractivity contribution in [1.82, 2.24) is 0 Å². The van der Waals surface area contributed by atoms with Crippen molar-refractivity contribution in [2.24, 2.45) is 0 Å². The van der Waals surface area contributed by atoms with Crippen LogP contribution in [-0.4, -0.2) is 0 Å². The summed E-state index contributed by atoms with van der Waals surface area (Å²) < 4.78 is 9.99. The van der Waals surface area contributed by atoms with Crippen LogP contribution in [0, 0.1) is 6.92 Å². The van der Waals surface area contributed by atoms with Gasteiger partial charge in [-0.15, -0.1) is 0 Å². The highest BCUT2D eigenvalue weighted by molar-refractivity contribution is 5.79. The van der Waals surface area contributed by atoms with Crippen LogP contribution < -0.4 is 9.80 Å². The Balaban J connectivity index is 1.67. The van der Waals surface area contributed by atoms with Crippen LogP contribution in [0.5, 0.6) is 0 Å². The van der Waals surface area contributed by atoms with Gasteiger partial charge in [-0.05, 0) is 48.2 Å². The Hall–Kier alpha value is -3.78. The lowest BCUT2D eigenvalue weighted by atomic mass is 9.90. The third-order valence-electron chi connectivity index (χ3n) is 6.64. The first kappa shape index (κ1) is 17.9. The van der Waals surface area contributed by atoms with E-state index < -0.39 is 5.89 Å². The van der Waals surface area contributed by atoms with Gasteiger partial charge in [0.15, 0.2) is 0 Å². The molecule has 0 saturated carbocycles. The number of benzene rings is 4. The molecule has 32 heavy (non-hydrogen) atoms. The van der Waals surface area contributed by atoms with E-state index in [2.05, 4.69) is 115 Å². The van der Waals surface area contributed by atoms with E-state index in [1.807, 2.05) is 18.2 Å². The molecule has 0 radical (unpaired) electrons. The maximum absolute atomic E-state index is 9.99. The third kappa shape index (κ3) is 2.73. The van der Waals surface area contributed by atoms with Crippen molar-refractivity contribution in [2.45, 2.75) is 25.9 Å². The molecule has 0 fully saturated rings. The molecule has 2 aliphatic rings. The Bertz CT molecular complexity index is 1360. The zero-order valence-corrected chi connectivity index (χ0v) is 18.4. The predicted molar refractivity (Wildman–Crippen MR) is 133 cm³/mol.